The number of nitrogens with zero attached hydrogens (tertiary/aromatic N) is 4. The molecule has 31 heavy (non-hydrogen) atoms. The molecular formula is C21H22N8O2. The Hall–Kier alpha value is -4.08. The SMILES string of the molecule is Cn1c(Nc2nc3ccccc3o2)nc2cc(C(=O)NCCNC3=NCCN3)ccc21. The largest absolute Gasteiger partial charge is 0.423 e. The van der Waals surface area contributed by atoms with Gasteiger partial charge in [0.15, 0.2) is 11.5 Å². The van der Waals surface area contributed by atoms with E-state index >= 15 is 0 Å². The van der Waals surface area contributed by atoms with Crippen LogP contribution in [0.25, 0.3) is 22.1 Å². The molecule has 2 aromatic heterocycles. The van der Waals surface area contributed by atoms with Crippen molar-refractivity contribution in [3.05, 3.63) is 48.0 Å². The van der Waals surface area contributed by atoms with Crippen LogP contribution >= 0.6 is 0 Å². The lowest BCUT2D eigenvalue weighted by molar-refractivity contribution is 0.0954. The molecule has 5 rings (SSSR count). The zero-order valence-corrected chi connectivity index (χ0v) is 17.0. The first-order valence-electron chi connectivity index (χ1n) is 10.1. The highest BCUT2D eigenvalue weighted by atomic mass is 16.4. The number of oxazole rings is 1. The second-order valence-corrected chi connectivity index (χ2v) is 7.15. The van der Waals surface area contributed by atoms with Crippen LogP contribution in [0.15, 0.2) is 51.9 Å². The number of nitrogens with one attached hydrogen (secondary N) is 4. The summed E-state index contributed by atoms with van der Waals surface area (Å²) < 4.78 is 7.61. The first-order valence-corrected chi connectivity index (χ1v) is 10.1. The van der Waals surface area contributed by atoms with Gasteiger partial charge in [-0.25, -0.2) is 4.98 Å². The van der Waals surface area contributed by atoms with Gasteiger partial charge >= 0.3 is 6.01 Å². The van der Waals surface area contributed by atoms with Crippen LogP contribution in [-0.2, 0) is 7.05 Å². The van der Waals surface area contributed by atoms with Crippen LogP contribution in [0.3, 0.4) is 0 Å². The number of imidazole rings is 1. The van der Waals surface area contributed by atoms with E-state index in [0.717, 1.165) is 30.1 Å². The lowest BCUT2D eigenvalue weighted by atomic mass is 10.2. The summed E-state index contributed by atoms with van der Waals surface area (Å²) in [5.41, 5.74) is 3.62. The van der Waals surface area contributed by atoms with E-state index in [0.29, 0.717) is 41.7 Å². The summed E-state index contributed by atoms with van der Waals surface area (Å²) in [6.45, 7) is 2.72. The van der Waals surface area contributed by atoms with Crippen molar-refractivity contribution in [2.45, 2.75) is 0 Å². The maximum absolute atomic E-state index is 12.5. The monoisotopic (exact) mass is 418 g/mol. The molecule has 0 aliphatic carbocycles. The fraction of sp³-hybridized carbons (Fsp3) is 0.238. The number of para-hydroxylation sites is 2. The maximum Gasteiger partial charge on any atom is 0.302 e. The predicted octanol–water partition coefficient (Wildman–Crippen LogP) is 1.74. The first kappa shape index (κ1) is 18.9. The number of carbonyl (C=O) groups is 1. The first-order chi connectivity index (χ1) is 15.2. The number of benzene rings is 2. The number of amides is 1. The van der Waals surface area contributed by atoms with E-state index in [1.165, 1.54) is 0 Å². The quantitative estimate of drug-likeness (QED) is 0.352. The topological polar surface area (TPSA) is 121 Å². The molecule has 0 fully saturated rings. The Bertz CT molecular complexity index is 1260. The Morgan fingerprint density at radius 3 is 2.90 bits per heavy atom. The van der Waals surface area contributed by atoms with Crippen LogP contribution in [0, 0.1) is 0 Å². The molecule has 0 saturated heterocycles. The highest BCUT2D eigenvalue weighted by molar-refractivity contribution is 5.97. The molecule has 4 N–H and O–H groups in total. The van der Waals surface area contributed by atoms with Gasteiger partial charge in [0.25, 0.3) is 5.91 Å². The Kier molecular flexibility index (Phi) is 4.87. The van der Waals surface area contributed by atoms with Crippen molar-refractivity contribution >= 4 is 46.0 Å². The van der Waals surface area contributed by atoms with E-state index in [2.05, 4.69) is 36.2 Å². The summed E-state index contributed by atoms with van der Waals surface area (Å²) in [7, 11) is 1.89. The molecule has 0 atom stereocenters. The molecule has 3 heterocycles. The minimum Gasteiger partial charge on any atom is -0.423 e. The van der Waals surface area contributed by atoms with Gasteiger partial charge < -0.3 is 24.9 Å². The summed E-state index contributed by atoms with van der Waals surface area (Å²) in [5, 5.41) is 12.3. The third-order valence-corrected chi connectivity index (χ3v) is 5.03. The summed E-state index contributed by atoms with van der Waals surface area (Å²) in [4.78, 5) is 25.8. The number of guanidine groups is 1. The molecule has 0 bridgehead atoms. The number of hydrogen-bond acceptors (Lipinski definition) is 8. The van der Waals surface area contributed by atoms with Crippen LogP contribution < -0.4 is 21.3 Å². The Morgan fingerprint density at radius 2 is 2.06 bits per heavy atom. The van der Waals surface area contributed by atoms with Gasteiger partial charge in [-0.3, -0.25) is 15.1 Å². The number of aryl methyl sites for hydroxylation is 1. The summed E-state index contributed by atoms with van der Waals surface area (Å²) >= 11 is 0. The smallest absolute Gasteiger partial charge is 0.302 e. The molecule has 1 amide bonds. The zero-order chi connectivity index (χ0) is 21.2. The van der Waals surface area contributed by atoms with Crippen molar-refractivity contribution in [3.8, 4) is 0 Å². The molecule has 1 aliphatic heterocycles. The minimum absolute atomic E-state index is 0.149. The zero-order valence-electron chi connectivity index (χ0n) is 17.0. The molecule has 0 radical (unpaired) electrons. The van der Waals surface area contributed by atoms with Crippen LogP contribution in [0.2, 0.25) is 0 Å². The molecule has 158 valence electrons. The minimum atomic E-state index is -0.149. The van der Waals surface area contributed by atoms with Crippen molar-refractivity contribution in [1.29, 1.82) is 0 Å². The van der Waals surface area contributed by atoms with E-state index in [4.69, 9.17) is 4.42 Å². The Balaban J connectivity index is 1.27. The number of aliphatic imine (C=N–C) groups is 1. The van der Waals surface area contributed by atoms with Crippen LogP contribution in [0.4, 0.5) is 12.0 Å². The molecule has 2 aromatic carbocycles. The second-order valence-electron chi connectivity index (χ2n) is 7.15. The lowest BCUT2D eigenvalue weighted by Crippen LogP contribution is -2.39. The van der Waals surface area contributed by atoms with Crippen LogP contribution in [-0.4, -0.2) is 52.6 Å². The number of carbonyl (C=O) groups excluding carboxylic acids is 1. The van der Waals surface area contributed by atoms with Gasteiger partial charge in [-0.15, -0.1) is 0 Å². The average Bonchev–Trinajstić information content (AvgIpc) is 3.50. The van der Waals surface area contributed by atoms with Crippen LogP contribution in [0.5, 0.6) is 0 Å². The predicted molar refractivity (Wildman–Crippen MR) is 119 cm³/mol. The molecule has 4 aromatic rings. The standard InChI is InChI=1S/C21H22N8O2/c1-29-16-7-6-13(18(30)22-8-9-23-19-24-10-11-25-19)12-15(16)26-20(29)28-21-27-14-4-2-3-5-17(14)31-21/h2-7,12H,8-11H2,1H3,(H,22,30)(H2,23,24,25)(H,26,27,28). The fourth-order valence-corrected chi connectivity index (χ4v) is 3.45. The summed E-state index contributed by atoms with van der Waals surface area (Å²) in [6.07, 6.45) is 0. The second kappa shape index (κ2) is 7.98. The molecule has 10 nitrogen and oxygen atoms in total. The molecule has 0 saturated carbocycles. The van der Waals surface area contributed by atoms with Gasteiger partial charge in [0.2, 0.25) is 5.95 Å². The Morgan fingerprint density at radius 1 is 1.16 bits per heavy atom. The summed E-state index contributed by atoms with van der Waals surface area (Å²) in [6, 6.07) is 13.4. The molecule has 10 heteroatoms. The number of fused-ring (bicyclic) bond motifs is 2. The van der Waals surface area contributed by atoms with E-state index < -0.39 is 0 Å². The third kappa shape index (κ3) is 3.87. The number of anilines is 2. The average molecular weight is 418 g/mol. The van der Waals surface area contributed by atoms with E-state index in [9.17, 15) is 4.79 Å². The fourth-order valence-electron chi connectivity index (χ4n) is 3.45. The van der Waals surface area contributed by atoms with Crippen LogP contribution in [0.1, 0.15) is 10.4 Å². The van der Waals surface area contributed by atoms with E-state index in [1.807, 2.05) is 41.9 Å². The number of hydrogen-bond donors (Lipinski definition) is 4. The normalized spacial score (nSPS) is 13.3. The molecular weight excluding hydrogens is 396 g/mol. The van der Waals surface area contributed by atoms with Gasteiger partial charge in [0.05, 0.1) is 17.6 Å². The van der Waals surface area contributed by atoms with Crippen molar-refractivity contribution in [1.82, 2.24) is 30.5 Å². The van der Waals surface area contributed by atoms with Crippen molar-refractivity contribution in [3.63, 3.8) is 0 Å². The number of aromatic nitrogens is 3. The van der Waals surface area contributed by atoms with Gasteiger partial charge in [0, 0.05) is 32.2 Å². The molecule has 0 unspecified atom stereocenters. The highest BCUT2D eigenvalue weighted by Gasteiger charge is 2.14. The third-order valence-electron chi connectivity index (χ3n) is 5.03. The van der Waals surface area contributed by atoms with Gasteiger partial charge in [0.1, 0.15) is 5.52 Å². The van der Waals surface area contributed by atoms with E-state index in [1.54, 1.807) is 12.1 Å². The molecule has 0 spiro atoms. The lowest BCUT2D eigenvalue weighted by Gasteiger charge is -2.08. The summed E-state index contributed by atoms with van der Waals surface area (Å²) in [5.74, 6) is 1.21. The van der Waals surface area contributed by atoms with Gasteiger partial charge in [-0.05, 0) is 30.3 Å². The maximum atomic E-state index is 12.5. The Labute approximate surface area is 177 Å². The van der Waals surface area contributed by atoms with E-state index in [-0.39, 0.29) is 5.91 Å². The van der Waals surface area contributed by atoms with Crippen molar-refractivity contribution < 1.29 is 9.21 Å². The van der Waals surface area contributed by atoms with Crippen molar-refractivity contribution in [2.24, 2.45) is 12.0 Å². The van der Waals surface area contributed by atoms with Gasteiger partial charge in [-0.2, -0.15) is 4.98 Å². The molecule has 1 aliphatic rings. The van der Waals surface area contributed by atoms with Gasteiger partial charge in [-0.1, -0.05) is 12.1 Å². The van der Waals surface area contributed by atoms with Crippen molar-refractivity contribution in [2.75, 3.05) is 31.5 Å². The highest BCUT2D eigenvalue weighted by Crippen LogP contribution is 2.24. The number of rotatable bonds is 6.